The number of hydrogen-bond acceptors (Lipinski definition) is 6. The van der Waals surface area contributed by atoms with Crippen molar-refractivity contribution in [1.29, 1.82) is 0 Å². The molecule has 11 heteroatoms. The van der Waals surface area contributed by atoms with Gasteiger partial charge in [-0.15, -0.1) is 11.8 Å². The second kappa shape index (κ2) is 7.48. The van der Waals surface area contributed by atoms with Crippen LogP contribution in [0.4, 0.5) is 0 Å². The van der Waals surface area contributed by atoms with E-state index in [-0.39, 0.29) is 17.7 Å². The van der Waals surface area contributed by atoms with Crippen molar-refractivity contribution in [3.05, 3.63) is 11.3 Å². The van der Waals surface area contributed by atoms with Gasteiger partial charge in [0.15, 0.2) is 0 Å². The largest absolute Gasteiger partial charge is 0.456 e. The Morgan fingerprint density at radius 2 is 2.22 bits per heavy atom. The lowest BCUT2D eigenvalue weighted by Gasteiger charge is -2.49. The van der Waals surface area contributed by atoms with Gasteiger partial charge >= 0.3 is 5.97 Å². The molecule has 1 N–H and O–H groups in total. The molecule has 23 heavy (non-hydrogen) atoms. The van der Waals surface area contributed by atoms with Crippen LogP contribution in [0.1, 0.15) is 0 Å². The van der Waals surface area contributed by atoms with E-state index in [4.69, 9.17) is 44.3 Å². The van der Waals surface area contributed by atoms with E-state index in [9.17, 15) is 14.4 Å². The minimum atomic E-state index is -1.75. The molecule has 2 atom stereocenters. The van der Waals surface area contributed by atoms with E-state index in [1.807, 2.05) is 0 Å². The molecule has 7 nitrogen and oxygen atoms in total. The fraction of sp³-hybridized carbons (Fsp3) is 0.583. The molecule has 2 heterocycles. The normalized spacial score (nSPS) is 24.0. The third-order valence-corrected chi connectivity index (χ3v) is 4.84. The monoisotopic (exact) mass is 402 g/mol. The summed E-state index contributed by atoms with van der Waals surface area (Å²) >= 11 is 18.1. The van der Waals surface area contributed by atoms with Crippen LogP contribution in [0.2, 0.25) is 0 Å². The minimum absolute atomic E-state index is 0.0822. The van der Waals surface area contributed by atoms with Gasteiger partial charge in [-0.2, -0.15) is 0 Å². The maximum atomic E-state index is 12.3. The van der Waals surface area contributed by atoms with Crippen LogP contribution in [-0.4, -0.2) is 64.5 Å². The number of hydrogen-bond donors (Lipinski definition) is 1. The Labute approximate surface area is 151 Å². The van der Waals surface area contributed by atoms with Crippen molar-refractivity contribution in [2.75, 3.05) is 26.1 Å². The molecular formula is C12H13Cl3N2O5S. The summed E-state index contributed by atoms with van der Waals surface area (Å²) < 4.78 is 8.29. The number of carbonyl (C=O) groups is 3. The first-order valence-corrected chi connectivity index (χ1v) is 8.57. The van der Waals surface area contributed by atoms with Crippen LogP contribution in [0, 0.1) is 0 Å². The molecule has 0 spiro atoms. The van der Waals surface area contributed by atoms with Gasteiger partial charge in [0.05, 0.1) is 6.61 Å². The van der Waals surface area contributed by atoms with E-state index < -0.39 is 28.3 Å². The number of fused-ring (bicyclic) bond motifs is 1. The number of carbonyl (C=O) groups excluding carboxylic acids is 3. The average molecular weight is 404 g/mol. The van der Waals surface area contributed by atoms with Gasteiger partial charge in [-0.25, -0.2) is 4.79 Å². The van der Waals surface area contributed by atoms with Crippen molar-refractivity contribution < 1.29 is 23.9 Å². The summed E-state index contributed by atoms with van der Waals surface area (Å²) in [5.74, 6) is -0.715. The lowest BCUT2D eigenvalue weighted by Crippen LogP contribution is -2.69. The predicted octanol–water partition coefficient (Wildman–Crippen LogP) is 0.830. The van der Waals surface area contributed by atoms with E-state index in [1.165, 1.54) is 23.8 Å². The average Bonchev–Trinajstić information content (AvgIpc) is 2.49. The number of ether oxygens (including phenoxy) is 2. The van der Waals surface area contributed by atoms with Crippen LogP contribution < -0.4 is 5.32 Å². The van der Waals surface area contributed by atoms with Crippen molar-refractivity contribution in [3.63, 3.8) is 0 Å². The molecule has 0 bridgehead atoms. The predicted molar refractivity (Wildman–Crippen MR) is 86.2 cm³/mol. The van der Waals surface area contributed by atoms with E-state index >= 15 is 0 Å². The number of esters is 1. The third-order valence-electron chi connectivity index (χ3n) is 3.17. The molecular weight excluding hydrogens is 391 g/mol. The number of amides is 2. The highest BCUT2D eigenvalue weighted by atomic mass is 35.6. The molecule has 1 saturated heterocycles. The topological polar surface area (TPSA) is 84.9 Å². The molecule has 0 aromatic carbocycles. The fourth-order valence-corrected chi connectivity index (χ4v) is 3.77. The number of methoxy groups -OCH3 is 1. The maximum absolute atomic E-state index is 12.3. The summed E-state index contributed by atoms with van der Waals surface area (Å²) in [6.07, 6.45) is 0.454. The van der Waals surface area contributed by atoms with Gasteiger partial charge in [-0.1, -0.05) is 34.8 Å². The molecule has 1 fully saturated rings. The Kier molecular flexibility index (Phi) is 6.07. The number of halogens is 3. The Balaban J connectivity index is 2.21. The highest BCUT2D eigenvalue weighted by molar-refractivity contribution is 8.00. The van der Waals surface area contributed by atoms with Gasteiger partial charge in [-0.3, -0.25) is 14.5 Å². The smallest absolute Gasteiger partial charge is 0.355 e. The number of β-lactam (4-membered cyclic amide) rings is 1. The Hall–Kier alpha value is -0.670. The van der Waals surface area contributed by atoms with Crippen LogP contribution in [-0.2, 0) is 23.9 Å². The Morgan fingerprint density at radius 1 is 1.52 bits per heavy atom. The zero-order valence-electron chi connectivity index (χ0n) is 11.9. The molecule has 2 aliphatic heterocycles. The second-order valence-corrected chi connectivity index (χ2v) is 8.37. The van der Waals surface area contributed by atoms with Gasteiger partial charge in [0, 0.05) is 12.9 Å². The molecule has 0 unspecified atom stereocenters. The molecule has 0 radical (unpaired) electrons. The molecule has 2 rings (SSSR count). The number of nitrogens with one attached hydrogen (secondary N) is 1. The van der Waals surface area contributed by atoms with Crippen LogP contribution in [0.3, 0.4) is 0 Å². The molecule has 0 aromatic rings. The fourth-order valence-electron chi connectivity index (χ4n) is 2.27. The summed E-state index contributed by atoms with van der Waals surface area (Å²) in [7, 11) is 1.47. The summed E-state index contributed by atoms with van der Waals surface area (Å²) in [6, 6.07) is -0.669. The third kappa shape index (κ3) is 4.06. The standard InChI is InChI=1S/C12H13Cl3N2O5S/c1-21-2-6-3-23-10-7(16-5-18)9(19)17(10)8(6)11(20)22-4-12(13,14)15/h5,7,10H,2-4H2,1H3,(H,16,18)/t7-,10-/m1/s1. The first kappa shape index (κ1) is 18.7. The van der Waals surface area contributed by atoms with Crippen molar-refractivity contribution in [2.45, 2.75) is 15.2 Å². The summed E-state index contributed by atoms with van der Waals surface area (Å²) in [5.41, 5.74) is 0.680. The van der Waals surface area contributed by atoms with Crippen molar-refractivity contribution in [3.8, 4) is 0 Å². The van der Waals surface area contributed by atoms with Gasteiger partial charge in [0.2, 0.25) is 10.2 Å². The summed E-state index contributed by atoms with van der Waals surface area (Å²) in [4.78, 5) is 36.4. The van der Waals surface area contributed by atoms with Crippen molar-refractivity contribution in [1.82, 2.24) is 10.2 Å². The molecule has 128 valence electrons. The van der Waals surface area contributed by atoms with Gasteiger partial charge in [0.1, 0.15) is 23.7 Å². The Morgan fingerprint density at radius 3 is 2.78 bits per heavy atom. The minimum Gasteiger partial charge on any atom is -0.456 e. The van der Waals surface area contributed by atoms with Crippen LogP contribution in [0.15, 0.2) is 11.3 Å². The molecule has 0 saturated carbocycles. The highest BCUT2D eigenvalue weighted by Gasteiger charge is 2.53. The summed E-state index contributed by atoms with van der Waals surface area (Å²) in [5, 5.41) is 2.06. The zero-order chi connectivity index (χ0) is 17.2. The SMILES string of the molecule is COCC1=C(C(=O)OCC(Cl)(Cl)Cl)N2C(=O)[C@@H](NC=O)[C@H]2SC1. The lowest BCUT2D eigenvalue weighted by molar-refractivity contribution is -0.152. The molecule has 2 amide bonds. The lowest BCUT2D eigenvalue weighted by atomic mass is 10.0. The van der Waals surface area contributed by atoms with E-state index in [2.05, 4.69) is 5.32 Å². The number of thioether (sulfide) groups is 1. The molecule has 2 aliphatic rings. The maximum Gasteiger partial charge on any atom is 0.355 e. The molecule has 0 aliphatic carbocycles. The highest BCUT2D eigenvalue weighted by Crippen LogP contribution is 2.40. The molecule has 0 aromatic heterocycles. The first-order chi connectivity index (χ1) is 10.8. The van der Waals surface area contributed by atoms with Crippen LogP contribution in [0.5, 0.6) is 0 Å². The first-order valence-electron chi connectivity index (χ1n) is 6.39. The van der Waals surface area contributed by atoms with Gasteiger partial charge in [0.25, 0.3) is 5.91 Å². The summed E-state index contributed by atoms with van der Waals surface area (Å²) in [6.45, 7) is -0.288. The number of alkyl halides is 3. The van der Waals surface area contributed by atoms with E-state index in [0.29, 0.717) is 17.7 Å². The van der Waals surface area contributed by atoms with Gasteiger partial charge in [-0.05, 0) is 5.57 Å². The van der Waals surface area contributed by atoms with Crippen LogP contribution >= 0.6 is 46.6 Å². The van der Waals surface area contributed by atoms with Crippen LogP contribution in [0.25, 0.3) is 0 Å². The van der Waals surface area contributed by atoms with E-state index in [0.717, 1.165) is 0 Å². The van der Waals surface area contributed by atoms with Crippen molar-refractivity contribution >= 4 is 64.9 Å². The number of nitrogens with zero attached hydrogens (tertiary/aromatic N) is 1. The quantitative estimate of drug-likeness (QED) is 0.306. The second-order valence-electron chi connectivity index (χ2n) is 4.75. The zero-order valence-corrected chi connectivity index (χ0v) is 15.0. The van der Waals surface area contributed by atoms with E-state index in [1.54, 1.807) is 0 Å². The van der Waals surface area contributed by atoms with Gasteiger partial charge < -0.3 is 14.8 Å². The van der Waals surface area contributed by atoms with Crippen molar-refractivity contribution in [2.24, 2.45) is 0 Å². The number of rotatable bonds is 6. The Bertz CT molecular complexity index is 551.